The van der Waals surface area contributed by atoms with Gasteiger partial charge >= 0.3 is 0 Å². The fourth-order valence-corrected chi connectivity index (χ4v) is 5.95. The van der Waals surface area contributed by atoms with E-state index in [0.29, 0.717) is 22.1 Å². The van der Waals surface area contributed by atoms with Gasteiger partial charge in [-0.15, -0.1) is 11.3 Å². The molecule has 6 nitrogen and oxygen atoms in total. The van der Waals surface area contributed by atoms with E-state index in [0.717, 1.165) is 11.3 Å². The predicted molar refractivity (Wildman–Crippen MR) is 137 cm³/mol. The minimum Gasteiger partial charge on any atom is -0.377 e. The highest BCUT2D eigenvalue weighted by atomic mass is 35.5. The Morgan fingerprint density at radius 2 is 1.85 bits per heavy atom. The summed E-state index contributed by atoms with van der Waals surface area (Å²) in [5.41, 5.74) is 2.27. The molecule has 176 valence electrons. The predicted octanol–water partition coefficient (Wildman–Crippen LogP) is 5.57. The lowest BCUT2D eigenvalue weighted by atomic mass is 10.1. The molecule has 0 saturated carbocycles. The average molecular weight is 506 g/mol. The molecule has 3 rings (SSSR count). The second kappa shape index (κ2) is 10.7. The summed E-state index contributed by atoms with van der Waals surface area (Å²) in [7, 11) is 0.0216. The summed E-state index contributed by atoms with van der Waals surface area (Å²) in [6.07, 6.45) is 0. The third-order valence-electron chi connectivity index (χ3n) is 4.91. The fraction of sp³-hybridized carbons (Fsp3) is 0.292. The van der Waals surface area contributed by atoms with Gasteiger partial charge in [0.05, 0.1) is 9.77 Å². The van der Waals surface area contributed by atoms with E-state index in [9.17, 15) is 13.2 Å². The Morgan fingerprint density at radius 3 is 2.45 bits per heavy atom. The smallest absolute Gasteiger partial charge is 0.265 e. The number of benzene rings is 2. The van der Waals surface area contributed by atoms with Crippen LogP contribution in [0.1, 0.15) is 29.1 Å². The molecule has 0 radical (unpaired) electrons. The molecule has 0 aliphatic rings. The molecule has 1 N–H and O–H groups in total. The van der Waals surface area contributed by atoms with Crippen molar-refractivity contribution in [1.29, 1.82) is 0 Å². The number of anilines is 2. The standard InChI is InChI=1S/C24H28ClN3O3S2/c1-17(2)15-28(33(30,31)21-8-5-7-19(25)14-21)16-18-13-20(10-11-22(18)27(3)4)26-24(29)23-9-6-12-32-23/h5-14,17H,15-16H2,1-4H3,(H,26,29). The highest BCUT2D eigenvalue weighted by Gasteiger charge is 2.27. The van der Waals surface area contributed by atoms with Crippen molar-refractivity contribution < 1.29 is 13.2 Å². The Bertz CT molecular complexity index is 1210. The van der Waals surface area contributed by atoms with Crippen molar-refractivity contribution in [2.75, 3.05) is 30.9 Å². The molecule has 0 fully saturated rings. The van der Waals surface area contributed by atoms with Crippen LogP contribution in [0.25, 0.3) is 0 Å². The van der Waals surface area contributed by atoms with E-state index >= 15 is 0 Å². The fourth-order valence-electron chi connectivity index (χ4n) is 3.45. The van der Waals surface area contributed by atoms with E-state index in [1.54, 1.807) is 24.3 Å². The average Bonchev–Trinajstić information content (AvgIpc) is 3.28. The molecule has 2 aromatic carbocycles. The summed E-state index contributed by atoms with van der Waals surface area (Å²) in [6.45, 7) is 4.45. The van der Waals surface area contributed by atoms with Crippen LogP contribution in [-0.4, -0.2) is 39.3 Å². The van der Waals surface area contributed by atoms with Gasteiger partial charge in [-0.1, -0.05) is 37.6 Å². The number of carbonyl (C=O) groups is 1. The SMILES string of the molecule is CC(C)CN(Cc1cc(NC(=O)c2cccs2)ccc1N(C)C)S(=O)(=O)c1cccc(Cl)c1. The zero-order chi connectivity index (χ0) is 24.2. The molecule has 9 heteroatoms. The molecule has 0 aliphatic carbocycles. The lowest BCUT2D eigenvalue weighted by Crippen LogP contribution is -2.34. The third kappa shape index (κ3) is 6.35. The van der Waals surface area contributed by atoms with Crippen molar-refractivity contribution >= 4 is 50.2 Å². The van der Waals surface area contributed by atoms with Crippen LogP contribution >= 0.6 is 22.9 Å². The highest BCUT2D eigenvalue weighted by Crippen LogP contribution is 2.28. The second-order valence-electron chi connectivity index (χ2n) is 8.32. The Balaban J connectivity index is 1.97. The van der Waals surface area contributed by atoms with Crippen molar-refractivity contribution in [2.24, 2.45) is 5.92 Å². The van der Waals surface area contributed by atoms with Gasteiger partial charge < -0.3 is 10.2 Å². The van der Waals surface area contributed by atoms with E-state index in [4.69, 9.17) is 11.6 Å². The van der Waals surface area contributed by atoms with Crippen LogP contribution in [0.2, 0.25) is 5.02 Å². The van der Waals surface area contributed by atoms with Gasteiger partial charge in [-0.05, 0) is 59.3 Å². The number of sulfonamides is 1. The maximum atomic E-state index is 13.5. The van der Waals surface area contributed by atoms with Gasteiger partial charge in [0.1, 0.15) is 0 Å². The number of halogens is 1. The van der Waals surface area contributed by atoms with Crippen LogP contribution in [0, 0.1) is 5.92 Å². The zero-order valence-corrected chi connectivity index (χ0v) is 21.5. The molecule has 1 heterocycles. The van der Waals surface area contributed by atoms with Crippen LogP contribution in [0.4, 0.5) is 11.4 Å². The van der Waals surface area contributed by atoms with Crippen molar-refractivity contribution in [2.45, 2.75) is 25.3 Å². The van der Waals surface area contributed by atoms with Gasteiger partial charge in [0, 0.05) is 43.6 Å². The largest absolute Gasteiger partial charge is 0.377 e. The Kier molecular flexibility index (Phi) is 8.18. The molecule has 1 aromatic heterocycles. The quantitative estimate of drug-likeness (QED) is 0.413. The first-order chi connectivity index (χ1) is 15.6. The first-order valence-electron chi connectivity index (χ1n) is 10.5. The van der Waals surface area contributed by atoms with Crippen LogP contribution in [0.3, 0.4) is 0 Å². The maximum Gasteiger partial charge on any atom is 0.265 e. The second-order valence-corrected chi connectivity index (χ2v) is 11.6. The van der Waals surface area contributed by atoms with Crippen LogP contribution < -0.4 is 10.2 Å². The molecule has 0 bridgehead atoms. The number of hydrogen-bond acceptors (Lipinski definition) is 5. The van der Waals surface area contributed by atoms with E-state index in [1.807, 2.05) is 62.5 Å². The summed E-state index contributed by atoms with van der Waals surface area (Å²) < 4.78 is 28.5. The summed E-state index contributed by atoms with van der Waals surface area (Å²) in [5.74, 6) is -0.0809. The van der Waals surface area contributed by atoms with E-state index in [-0.39, 0.29) is 23.3 Å². The van der Waals surface area contributed by atoms with Crippen molar-refractivity contribution in [3.05, 3.63) is 75.4 Å². The minimum atomic E-state index is -3.79. The van der Waals surface area contributed by atoms with E-state index < -0.39 is 10.0 Å². The van der Waals surface area contributed by atoms with Gasteiger partial charge in [0.15, 0.2) is 0 Å². The number of hydrogen-bond donors (Lipinski definition) is 1. The van der Waals surface area contributed by atoms with E-state index in [1.165, 1.54) is 21.7 Å². The molecule has 0 aliphatic heterocycles. The molecule has 0 atom stereocenters. The van der Waals surface area contributed by atoms with E-state index in [2.05, 4.69) is 5.32 Å². The zero-order valence-electron chi connectivity index (χ0n) is 19.1. The van der Waals surface area contributed by atoms with Crippen molar-refractivity contribution in [1.82, 2.24) is 4.31 Å². The normalized spacial score (nSPS) is 11.7. The van der Waals surface area contributed by atoms with Gasteiger partial charge in [-0.2, -0.15) is 4.31 Å². The van der Waals surface area contributed by atoms with Crippen LogP contribution in [-0.2, 0) is 16.6 Å². The summed E-state index contributed by atoms with van der Waals surface area (Å²) >= 11 is 7.43. The number of carbonyl (C=O) groups excluding carboxylic acids is 1. The molecular weight excluding hydrogens is 478 g/mol. The highest BCUT2D eigenvalue weighted by molar-refractivity contribution is 7.89. The number of nitrogens with zero attached hydrogens (tertiary/aromatic N) is 2. The number of nitrogens with one attached hydrogen (secondary N) is 1. The Labute approximate surface area is 204 Å². The summed E-state index contributed by atoms with van der Waals surface area (Å²) in [6, 6.07) is 15.4. The molecule has 33 heavy (non-hydrogen) atoms. The molecule has 3 aromatic rings. The number of rotatable bonds is 9. The molecule has 0 saturated heterocycles. The van der Waals surface area contributed by atoms with Crippen LogP contribution in [0.15, 0.2) is 64.9 Å². The molecule has 0 unspecified atom stereocenters. The van der Waals surface area contributed by atoms with Gasteiger partial charge in [-0.3, -0.25) is 4.79 Å². The van der Waals surface area contributed by atoms with Crippen LogP contribution in [0.5, 0.6) is 0 Å². The summed E-state index contributed by atoms with van der Waals surface area (Å²) in [4.78, 5) is 15.2. The third-order valence-corrected chi connectivity index (χ3v) is 7.82. The van der Waals surface area contributed by atoms with Gasteiger partial charge in [-0.25, -0.2) is 8.42 Å². The van der Waals surface area contributed by atoms with Gasteiger partial charge in [0.25, 0.3) is 5.91 Å². The first kappa shape index (κ1) is 25.2. The molecule has 0 spiro atoms. The lowest BCUT2D eigenvalue weighted by Gasteiger charge is -2.27. The lowest BCUT2D eigenvalue weighted by molar-refractivity contribution is 0.103. The first-order valence-corrected chi connectivity index (χ1v) is 13.2. The molecular formula is C24H28ClN3O3S2. The minimum absolute atomic E-state index is 0.114. The summed E-state index contributed by atoms with van der Waals surface area (Å²) in [5, 5.41) is 5.13. The Hall–Kier alpha value is -2.39. The topological polar surface area (TPSA) is 69.7 Å². The van der Waals surface area contributed by atoms with Crippen molar-refractivity contribution in [3.63, 3.8) is 0 Å². The Morgan fingerprint density at radius 1 is 1.09 bits per heavy atom. The maximum absolute atomic E-state index is 13.5. The monoisotopic (exact) mass is 505 g/mol. The number of amides is 1. The number of thiophene rings is 1. The van der Waals surface area contributed by atoms with Crippen molar-refractivity contribution in [3.8, 4) is 0 Å². The van der Waals surface area contributed by atoms with Gasteiger partial charge in [0.2, 0.25) is 10.0 Å². The molecule has 1 amide bonds.